The Morgan fingerprint density at radius 2 is 2.22 bits per heavy atom. The SMILES string of the molecule is CCNC(=NCc1ccc(N(C)C)c(F)c1)N1CCC(c2cnn(C)c2)C1. The van der Waals surface area contributed by atoms with E-state index in [1.54, 1.807) is 17.0 Å². The second-order valence-corrected chi connectivity index (χ2v) is 7.23. The third kappa shape index (κ3) is 4.59. The van der Waals surface area contributed by atoms with E-state index >= 15 is 0 Å². The lowest BCUT2D eigenvalue weighted by atomic mass is 10.0. The Bertz CT molecular complexity index is 798. The molecular weight excluding hydrogens is 343 g/mol. The van der Waals surface area contributed by atoms with Crippen molar-refractivity contribution in [2.75, 3.05) is 38.6 Å². The molecule has 1 saturated heterocycles. The summed E-state index contributed by atoms with van der Waals surface area (Å²) in [4.78, 5) is 8.80. The summed E-state index contributed by atoms with van der Waals surface area (Å²) in [5, 5.41) is 7.65. The zero-order valence-corrected chi connectivity index (χ0v) is 16.6. The van der Waals surface area contributed by atoms with Gasteiger partial charge in [-0.3, -0.25) is 4.68 Å². The number of hydrogen-bond acceptors (Lipinski definition) is 3. The van der Waals surface area contributed by atoms with E-state index in [9.17, 15) is 4.39 Å². The molecular formula is C20H29FN6. The van der Waals surface area contributed by atoms with Crippen molar-refractivity contribution in [3.05, 3.63) is 47.5 Å². The first-order valence-electron chi connectivity index (χ1n) is 9.45. The highest BCUT2D eigenvalue weighted by Gasteiger charge is 2.26. The summed E-state index contributed by atoms with van der Waals surface area (Å²) in [6, 6.07) is 5.32. The molecule has 6 nitrogen and oxygen atoms in total. The van der Waals surface area contributed by atoms with Crippen LogP contribution in [0.1, 0.15) is 30.4 Å². The van der Waals surface area contributed by atoms with Gasteiger partial charge in [-0.15, -0.1) is 0 Å². The number of anilines is 1. The van der Waals surface area contributed by atoms with Crippen LogP contribution in [0.2, 0.25) is 0 Å². The first-order chi connectivity index (χ1) is 13.0. The number of rotatable bonds is 5. The molecule has 27 heavy (non-hydrogen) atoms. The maximum Gasteiger partial charge on any atom is 0.194 e. The summed E-state index contributed by atoms with van der Waals surface area (Å²) in [6.07, 6.45) is 5.13. The van der Waals surface area contributed by atoms with Crippen LogP contribution < -0.4 is 10.2 Å². The normalized spacial score (nSPS) is 17.4. The Labute approximate surface area is 160 Å². The molecule has 0 spiro atoms. The van der Waals surface area contributed by atoms with E-state index in [1.165, 1.54) is 5.56 Å². The number of aromatic nitrogens is 2. The van der Waals surface area contributed by atoms with Crippen LogP contribution >= 0.6 is 0 Å². The summed E-state index contributed by atoms with van der Waals surface area (Å²) >= 11 is 0. The standard InChI is InChI=1S/C20H29FN6/c1-5-22-20(23-11-15-6-7-19(25(2)3)18(21)10-15)27-9-8-16(14-27)17-12-24-26(4)13-17/h6-7,10,12-13,16H,5,8-9,11,14H2,1-4H3,(H,22,23). The molecule has 0 saturated carbocycles. The van der Waals surface area contributed by atoms with E-state index in [4.69, 9.17) is 4.99 Å². The third-order valence-corrected chi connectivity index (χ3v) is 4.92. The molecule has 0 aliphatic carbocycles. The topological polar surface area (TPSA) is 48.7 Å². The van der Waals surface area contributed by atoms with Gasteiger partial charge in [-0.05, 0) is 36.6 Å². The quantitative estimate of drug-likeness (QED) is 0.647. The molecule has 1 aliphatic rings. The molecule has 0 radical (unpaired) electrons. The fourth-order valence-corrected chi connectivity index (χ4v) is 3.48. The van der Waals surface area contributed by atoms with Gasteiger partial charge in [0, 0.05) is 52.9 Å². The van der Waals surface area contributed by atoms with Gasteiger partial charge in [0.25, 0.3) is 0 Å². The van der Waals surface area contributed by atoms with Crippen LogP contribution in [0.5, 0.6) is 0 Å². The minimum Gasteiger partial charge on any atom is -0.375 e. The number of guanidine groups is 1. The molecule has 1 aromatic heterocycles. The number of aryl methyl sites for hydroxylation is 1. The Morgan fingerprint density at radius 3 is 2.85 bits per heavy atom. The van der Waals surface area contributed by atoms with E-state index in [-0.39, 0.29) is 5.82 Å². The lowest BCUT2D eigenvalue weighted by Crippen LogP contribution is -2.40. The van der Waals surface area contributed by atoms with Crippen LogP contribution in [0.4, 0.5) is 10.1 Å². The smallest absolute Gasteiger partial charge is 0.194 e. The van der Waals surface area contributed by atoms with Gasteiger partial charge >= 0.3 is 0 Å². The Hall–Kier alpha value is -2.57. The summed E-state index contributed by atoms with van der Waals surface area (Å²) in [6.45, 7) is 5.21. The summed E-state index contributed by atoms with van der Waals surface area (Å²) in [5.74, 6) is 1.15. The maximum absolute atomic E-state index is 14.2. The van der Waals surface area contributed by atoms with Crippen LogP contribution in [-0.2, 0) is 13.6 Å². The number of benzene rings is 1. The van der Waals surface area contributed by atoms with Crippen LogP contribution in [0.15, 0.2) is 35.6 Å². The maximum atomic E-state index is 14.2. The largest absolute Gasteiger partial charge is 0.375 e. The van der Waals surface area contributed by atoms with Crippen LogP contribution in [-0.4, -0.2) is 54.4 Å². The molecule has 2 aromatic rings. The molecule has 1 aliphatic heterocycles. The van der Waals surface area contributed by atoms with Gasteiger partial charge in [0.15, 0.2) is 5.96 Å². The van der Waals surface area contributed by atoms with Crippen LogP contribution in [0.3, 0.4) is 0 Å². The van der Waals surface area contributed by atoms with E-state index in [2.05, 4.69) is 28.4 Å². The molecule has 1 N–H and O–H groups in total. The number of nitrogens with one attached hydrogen (secondary N) is 1. The van der Waals surface area contributed by atoms with Crippen molar-refractivity contribution in [1.29, 1.82) is 0 Å². The number of aliphatic imine (C=N–C) groups is 1. The Kier molecular flexibility index (Phi) is 5.98. The van der Waals surface area contributed by atoms with Gasteiger partial charge in [-0.1, -0.05) is 6.07 Å². The van der Waals surface area contributed by atoms with Crippen molar-refractivity contribution in [2.45, 2.75) is 25.8 Å². The summed E-state index contributed by atoms with van der Waals surface area (Å²) in [5.41, 5.74) is 2.74. The van der Waals surface area contributed by atoms with Gasteiger partial charge < -0.3 is 15.1 Å². The van der Waals surface area contributed by atoms with Crippen LogP contribution in [0.25, 0.3) is 0 Å². The van der Waals surface area contributed by atoms with E-state index in [0.717, 1.165) is 37.6 Å². The van der Waals surface area contributed by atoms with Crippen molar-refractivity contribution in [3.8, 4) is 0 Å². The average Bonchev–Trinajstić information content (AvgIpc) is 3.27. The van der Waals surface area contributed by atoms with E-state index in [1.807, 2.05) is 38.1 Å². The number of nitrogens with zero attached hydrogens (tertiary/aromatic N) is 5. The monoisotopic (exact) mass is 372 g/mol. The zero-order valence-electron chi connectivity index (χ0n) is 16.6. The predicted molar refractivity (Wildman–Crippen MR) is 108 cm³/mol. The van der Waals surface area contributed by atoms with Crippen molar-refractivity contribution in [1.82, 2.24) is 20.0 Å². The van der Waals surface area contributed by atoms with E-state index < -0.39 is 0 Å². The van der Waals surface area contributed by atoms with Crippen LogP contribution in [0, 0.1) is 5.82 Å². The van der Waals surface area contributed by atoms with Crippen molar-refractivity contribution < 1.29 is 4.39 Å². The fraction of sp³-hybridized carbons (Fsp3) is 0.500. The Balaban J connectivity index is 1.69. The first kappa shape index (κ1) is 19.2. The minimum atomic E-state index is -0.212. The van der Waals surface area contributed by atoms with Crippen molar-refractivity contribution in [2.24, 2.45) is 12.0 Å². The molecule has 7 heteroatoms. The molecule has 2 heterocycles. The van der Waals surface area contributed by atoms with E-state index in [0.29, 0.717) is 18.2 Å². The van der Waals surface area contributed by atoms with Gasteiger partial charge in [0.1, 0.15) is 5.82 Å². The molecule has 0 bridgehead atoms. The third-order valence-electron chi connectivity index (χ3n) is 4.92. The summed E-state index contributed by atoms with van der Waals surface area (Å²) in [7, 11) is 5.62. The molecule has 146 valence electrons. The van der Waals surface area contributed by atoms with Gasteiger partial charge in [-0.2, -0.15) is 5.10 Å². The highest BCUT2D eigenvalue weighted by Crippen LogP contribution is 2.27. The molecule has 1 atom stereocenters. The molecule has 3 rings (SSSR count). The highest BCUT2D eigenvalue weighted by molar-refractivity contribution is 5.80. The fourth-order valence-electron chi connectivity index (χ4n) is 3.48. The average molecular weight is 372 g/mol. The van der Waals surface area contributed by atoms with Crippen molar-refractivity contribution in [3.63, 3.8) is 0 Å². The second kappa shape index (κ2) is 8.41. The minimum absolute atomic E-state index is 0.212. The van der Waals surface area contributed by atoms with Crippen molar-refractivity contribution >= 4 is 11.6 Å². The molecule has 1 fully saturated rings. The molecule has 0 amide bonds. The van der Waals surface area contributed by atoms with Gasteiger partial charge in [0.2, 0.25) is 0 Å². The zero-order chi connectivity index (χ0) is 19.4. The Morgan fingerprint density at radius 1 is 1.41 bits per heavy atom. The number of likely N-dealkylation sites (tertiary alicyclic amines) is 1. The highest BCUT2D eigenvalue weighted by atomic mass is 19.1. The molecule has 1 unspecified atom stereocenters. The van der Waals surface area contributed by atoms with Gasteiger partial charge in [0.05, 0.1) is 18.4 Å². The summed E-state index contributed by atoms with van der Waals surface area (Å²) < 4.78 is 16.0. The predicted octanol–water partition coefficient (Wildman–Crippen LogP) is 2.58. The lowest BCUT2D eigenvalue weighted by molar-refractivity contribution is 0.486. The van der Waals surface area contributed by atoms with Gasteiger partial charge in [-0.25, -0.2) is 9.38 Å². The second-order valence-electron chi connectivity index (χ2n) is 7.23. The first-order valence-corrected chi connectivity index (χ1v) is 9.45. The molecule has 1 aromatic carbocycles. The number of halogens is 1. The number of hydrogen-bond donors (Lipinski definition) is 1. The lowest BCUT2D eigenvalue weighted by Gasteiger charge is -2.21.